The predicted octanol–water partition coefficient (Wildman–Crippen LogP) is 4.19. The fraction of sp³-hybridized carbons (Fsp3) is 0.217. The molecule has 0 radical (unpaired) electrons. The molecule has 0 unspecified atom stereocenters. The van der Waals surface area contributed by atoms with E-state index in [9.17, 15) is 9.59 Å². The van der Waals surface area contributed by atoms with Crippen LogP contribution in [-0.2, 0) is 16.8 Å². The van der Waals surface area contributed by atoms with Crippen molar-refractivity contribution in [2.75, 3.05) is 16.9 Å². The van der Waals surface area contributed by atoms with Gasteiger partial charge in [0.25, 0.3) is 5.91 Å². The van der Waals surface area contributed by atoms with Crippen molar-refractivity contribution in [3.8, 4) is 5.88 Å². The second-order valence-corrected chi connectivity index (χ2v) is 9.07. The molecule has 8 nitrogen and oxygen atoms in total. The van der Waals surface area contributed by atoms with Crippen molar-refractivity contribution in [1.82, 2.24) is 15.3 Å². The van der Waals surface area contributed by atoms with E-state index in [-0.39, 0.29) is 35.4 Å². The van der Waals surface area contributed by atoms with E-state index in [1.807, 2.05) is 18.2 Å². The summed E-state index contributed by atoms with van der Waals surface area (Å²) in [7, 11) is 0. The number of aromatic nitrogens is 2. The van der Waals surface area contributed by atoms with Gasteiger partial charge in [-0.15, -0.1) is 0 Å². The Morgan fingerprint density at radius 1 is 1.12 bits per heavy atom. The normalized spacial score (nSPS) is 17.7. The van der Waals surface area contributed by atoms with Crippen LogP contribution in [0.5, 0.6) is 5.88 Å². The molecule has 1 aromatic heterocycles. The number of nitrogens with one attached hydrogen (secondary N) is 2. The monoisotopic (exact) mass is 481 g/mol. The van der Waals surface area contributed by atoms with Crippen molar-refractivity contribution < 1.29 is 14.3 Å². The topological polar surface area (TPSA) is 96.5 Å². The van der Waals surface area contributed by atoms with Crippen LogP contribution in [0.15, 0.2) is 42.6 Å². The SMILES string of the molecule is O=C1c2cnc(Nc3ccc4c(c3)CNC(=O)C43CC3)nc2OCN1c1c(Cl)cccc1Cl. The Bertz CT molecular complexity index is 1320. The molecule has 0 atom stereocenters. The standard InChI is InChI=1S/C23H17Cl2N5O3/c24-16-2-1-3-17(25)18(16)30-11-33-19-14(20(30)31)10-27-22(29-19)28-13-4-5-15-12(8-13)9-26-21(32)23(15)6-7-23/h1-5,8,10H,6-7,9,11H2,(H,26,32)(H,27,28,29). The van der Waals surface area contributed by atoms with Gasteiger partial charge in [0, 0.05) is 18.4 Å². The highest BCUT2D eigenvalue weighted by Crippen LogP contribution is 2.51. The molecule has 1 spiro atoms. The van der Waals surface area contributed by atoms with Gasteiger partial charge in [-0.3, -0.25) is 14.5 Å². The summed E-state index contributed by atoms with van der Waals surface area (Å²) in [5.41, 5.74) is 3.20. The number of hydrogen-bond donors (Lipinski definition) is 2. The van der Waals surface area contributed by atoms with E-state index >= 15 is 0 Å². The van der Waals surface area contributed by atoms with Crippen LogP contribution in [0.2, 0.25) is 10.0 Å². The third-order valence-corrected chi connectivity index (χ3v) is 6.88. The van der Waals surface area contributed by atoms with Gasteiger partial charge in [-0.05, 0) is 48.2 Å². The molecule has 166 valence electrons. The number of carbonyl (C=O) groups excluding carboxylic acids is 2. The molecule has 3 aromatic rings. The number of carbonyl (C=O) groups is 2. The third kappa shape index (κ3) is 3.20. The van der Waals surface area contributed by atoms with Crippen LogP contribution in [0.3, 0.4) is 0 Å². The Hall–Kier alpha value is -3.36. The Labute approximate surface area is 198 Å². The number of para-hydroxylation sites is 1. The largest absolute Gasteiger partial charge is 0.455 e. The maximum atomic E-state index is 13.0. The highest BCUT2D eigenvalue weighted by Gasteiger charge is 2.53. The lowest BCUT2D eigenvalue weighted by Crippen LogP contribution is -2.39. The van der Waals surface area contributed by atoms with E-state index in [2.05, 4.69) is 20.6 Å². The first-order chi connectivity index (χ1) is 16.0. The number of anilines is 3. The summed E-state index contributed by atoms with van der Waals surface area (Å²) < 4.78 is 5.74. The van der Waals surface area contributed by atoms with Crippen LogP contribution in [0, 0.1) is 0 Å². The van der Waals surface area contributed by atoms with Gasteiger partial charge < -0.3 is 15.4 Å². The van der Waals surface area contributed by atoms with Crippen LogP contribution in [0.1, 0.15) is 34.3 Å². The molecule has 2 aromatic carbocycles. The van der Waals surface area contributed by atoms with E-state index in [1.165, 1.54) is 11.1 Å². The van der Waals surface area contributed by atoms with Gasteiger partial charge in [-0.1, -0.05) is 35.3 Å². The maximum Gasteiger partial charge on any atom is 0.268 e. The molecule has 1 aliphatic carbocycles. The summed E-state index contributed by atoms with van der Waals surface area (Å²) in [6.07, 6.45) is 3.18. The first kappa shape index (κ1) is 20.3. The molecule has 10 heteroatoms. The Morgan fingerprint density at radius 2 is 1.91 bits per heavy atom. The highest BCUT2D eigenvalue weighted by atomic mass is 35.5. The molecule has 33 heavy (non-hydrogen) atoms. The average molecular weight is 482 g/mol. The molecule has 2 aliphatic heterocycles. The van der Waals surface area contributed by atoms with E-state index in [0.29, 0.717) is 28.2 Å². The van der Waals surface area contributed by atoms with Crippen LogP contribution in [-0.4, -0.2) is 28.5 Å². The lowest BCUT2D eigenvalue weighted by molar-refractivity contribution is -0.124. The minimum atomic E-state index is -0.350. The van der Waals surface area contributed by atoms with Gasteiger partial charge in [-0.2, -0.15) is 4.98 Å². The summed E-state index contributed by atoms with van der Waals surface area (Å²) in [5, 5.41) is 6.82. The zero-order chi connectivity index (χ0) is 22.7. The molecule has 1 fully saturated rings. The number of benzene rings is 2. The lowest BCUT2D eigenvalue weighted by atomic mass is 9.87. The minimum absolute atomic E-state index is 0.0770. The first-order valence-corrected chi connectivity index (χ1v) is 11.2. The lowest BCUT2D eigenvalue weighted by Gasteiger charge is -2.29. The fourth-order valence-corrected chi connectivity index (χ4v) is 5.03. The third-order valence-electron chi connectivity index (χ3n) is 6.27. The molecule has 6 rings (SSSR count). The van der Waals surface area contributed by atoms with Crippen molar-refractivity contribution >= 4 is 52.3 Å². The van der Waals surface area contributed by atoms with Gasteiger partial charge in [-0.25, -0.2) is 4.98 Å². The molecular weight excluding hydrogens is 465 g/mol. The second kappa shape index (κ2) is 7.33. The van der Waals surface area contributed by atoms with E-state index in [0.717, 1.165) is 29.7 Å². The zero-order valence-electron chi connectivity index (χ0n) is 17.2. The number of halogens is 2. The zero-order valence-corrected chi connectivity index (χ0v) is 18.7. The van der Waals surface area contributed by atoms with Crippen LogP contribution in [0.4, 0.5) is 17.3 Å². The summed E-state index contributed by atoms with van der Waals surface area (Å²) in [5.74, 6) is 0.241. The Morgan fingerprint density at radius 3 is 2.67 bits per heavy atom. The number of nitrogens with zero attached hydrogens (tertiary/aromatic N) is 3. The maximum absolute atomic E-state index is 13.0. The van der Waals surface area contributed by atoms with Gasteiger partial charge in [0.05, 0.1) is 21.1 Å². The van der Waals surface area contributed by atoms with Gasteiger partial charge in [0.15, 0.2) is 6.73 Å². The van der Waals surface area contributed by atoms with Crippen molar-refractivity contribution in [2.45, 2.75) is 24.8 Å². The van der Waals surface area contributed by atoms with Gasteiger partial charge in [0.1, 0.15) is 5.56 Å². The number of amides is 2. The molecule has 3 heterocycles. The van der Waals surface area contributed by atoms with Crippen LogP contribution in [0.25, 0.3) is 0 Å². The molecule has 2 N–H and O–H groups in total. The molecular formula is C23H17Cl2N5O3. The Balaban J connectivity index is 1.25. The summed E-state index contributed by atoms with van der Waals surface area (Å²) in [6, 6.07) is 10.9. The number of ether oxygens (including phenoxy) is 1. The van der Waals surface area contributed by atoms with Crippen molar-refractivity contribution in [3.63, 3.8) is 0 Å². The quantitative estimate of drug-likeness (QED) is 0.582. The molecule has 0 bridgehead atoms. The number of fused-ring (bicyclic) bond motifs is 3. The smallest absolute Gasteiger partial charge is 0.268 e. The van der Waals surface area contributed by atoms with Crippen molar-refractivity contribution in [3.05, 3.63) is 69.3 Å². The number of hydrogen-bond acceptors (Lipinski definition) is 6. The minimum Gasteiger partial charge on any atom is -0.455 e. The molecule has 3 aliphatic rings. The first-order valence-electron chi connectivity index (χ1n) is 10.4. The highest BCUT2D eigenvalue weighted by molar-refractivity contribution is 6.40. The average Bonchev–Trinajstić information content (AvgIpc) is 3.60. The second-order valence-electron chi connectivity index (χ2n) is 8.25. The van der Waals surface area contributed by atoms with Crippen molar-refractivity contribution in [1.29, 1.82) is 0 Å². The Kier molecular flexibility index (Phi) is 4.50. The summed E-state index contributed by atoms with van der Waals surface area (Å²) >= 11 is 12.5. The molecule has 2 amide bonds. The van der Waals surface area contributed by atoms with E-state index in [1.54, 1.807) is 18.2 Å². The molecule has 0 saturated heterocycles. The van der Waals surface area contributed by atoms with Crippen LogP contribution < -0.4 is 20.3 Å². The van der Waals surface area contributed by atoms with Gasteiger partial charge >= 0.3 is 0 Å². The molecule has 1 saturated carbocycles. The fourth-order valence-electron chi connectivity index (χ4n) is 4.43. The summed E-state index contributed by atoms with van der Waals surface area (Å²) in [4.78, 5) is 35.3. The van der Waals surface area contributed by atoms with Gasteiger partial charge in [0.2, 0.25) is 17.7 Å². The number of rotatable bonds is 3. The van der Waals surface area contributed by atoms with Crippen molar-refractivity contribution in [2.24, 2.45) is 0 Å². The predicted molar refractivity (Wildman–Crippen MR) is 123 cm³/mol. The van der Waals surface area contributed by atoms with E-state index < -0.39 is 0 Å². The summed E-state index contributed by atoms with van der Waals surface area (Å²) in [6.45, 7) is 0.418. The van der Waals surface area contributed by atoms with E-state index in [4.69, 9.17) is 27.9 Å². The van der Waals surface area contributed by atoms with Crippen LogP contribution >= 0.6 is 23.2 Å².